The molecule has 0 radical (unpaired) electrons. The van der Waals surface area contributed by atoms with Gasteiger partial charge in [0, 0.05) is 29.3 Å². The monoisotopic (exact) mass is 290 g/mol. The summed E-state index contributed by atoms with van der Waals surface area (Å²) in [6, 6.07) is 10.8. The maximum Gasteiger partial charge on any atom is 0.0308 e. The summed E-state index contributed by atoms with van der Waals surface area (Å²) in [6.07, 6.45) is 6.90. The zero-order valence-corrected chi connectivity index (χ0v) is 13.1. The topological polar surface area (TPSA) is 15.3 Å². The van der Waals surface area contributed by atoms with Gasteiger partial charge in [-0.15, -0.1) is 11.8 Å². The highest BCUT2D eigenvalue weighted by Gasteiger charge is 2.36. The molecule has 2 nitrogen and oxygen atoms in total. The highest BCUT2D eigenvalue weighted by atomic mass is 32.2. The Bertz CT molecular complexity index is 401. The molecule has 1 aromatic carbocycles. The normalized spacial score (nSPS) is 23.0. The summed E-state index contributed by atoms with van der Waals surface area (Å²) in [5, 5.41) is 3.85. The second kappa shape index (κ2) is 6.97. The van der Waals surface area contributed by atoms with Crippen LogP contribution in [0.25, 0.3) is 0 Å². The van der Waals surface area contributed by atoms with Gasteiger partial charge in [-0.2, -0.15) is 0 Å². The minimum absolute atomic E-state index is 0.452. The Kier molecular flexibility index (Phi) is 5.03. The fourth-order valence-electron chi connectivity index (χ4n) is 3.61. The van der Waals surface area contributed by atoms with Crippen molar-refractivity contribution in [2.24, 2.45) is 0 Å². The second-order valence-electron chi connectivity index (χ2n) is 6.21. The van der Waals surface area contributed by atoms with Crippen LogP contribution in [-0.4, -0.2) is 42.4 Å². The standard InChI is InChI=1S/C17H26N2S/c1-2-7-16(8-3-1)20-14-13-19-12-6-11-18-17(15-19)9-4-5-10-17/h1-3,7-8,18H,4-6,9-15H2. The Morgan fingerprint density at radius 1 is 1.10 bits per heavy atom. The number of rotatable bonds is 4. The summed E-state index contributed by atoms with van der Waals surface area (Å²) >= 11 is 1.99. The maximum absolute atomic E-state index is 3.85. The van der Waals surface area contributed by atoms with Crippen molar-refractivity contribution in [2.75, 3.05) is 31.9 Å². The van der Waals surface area contributed by atoms with Crippen LogP contribution in [0.4, 0.5) is 0 Å². The summed E-state index contributed by atoms with van der Waals surface area (Å²) in [5.74, 6) is 1.21. The number of thioether (sulfide) groups is 1. The molecule has 2 fully saturated rings. The van der Waals surface area contributed by atoms with E-state index < -0.39 is 0 Å². The lowest BCUT2D eigenvalue weighted by Gasteiger charge is -2.33. The van der Waals surface area contributed by atoms with Crippen molar-refractivity contribution in [3.8, 4) is 0 Å². The third-order valence-electron chi connectivity index (χ3n) is 4.66. The van der Waals surface area contributed by atoms with E-state index in [2.05, 4.69) is 40.5 Å². The van der Waals surface area contributed by atoms with E-state index in [4.69, 9.17) is 0 Å². The minimum Gasteiger partial charge on any atom is -0.310 e. The fourth-order valence-corrected chi connectivity index (χ4v) is 4.54. The zero-order chi connectivity index (χ0) is 13.7. The van der Waals surface area contributed by atoms with Crippen LogP contribution in [0.2, 0.25) is 0 Å². The summed E-state index contributed by atoms with van der Waals surface area (Å²) in [6.45, 7) is 4.97. The van der Waals surface area contributed by atoms with Crippen LogP contribution in [0.15, 0.2) is 35.2 Å². The first-order valence-corrected chi connectivity index (χ1v) is 9.00. The van der Waals surface area contributed by atoms with Crippen molar-refractivity contribution in [1.29, 1.82) is 0 Å². The average molecular weight is 290 g/mol. The van der Waals surface area contributed by atoms with Gasteiger partial charge in [0.2, 0.25) is 0 Å². The lowest BCUT2D eigenvalue weighted by atomic mass is 9.97. The summed E-state index contributed by atoms with van der Waals surface area (Å²) in [4.78, 5) is 4.09. The van der Waals surface area contributed by atoms with Gasteiger partial charge in [0.05, 0.1) is 0 Å². The Morgan fingerprint density at radius 2 is 1.90 bits per heavy atom. The van der Waals surface area contributed by atoms with Gasteiger partial charge in [0.15, 0.2) is 0 Å². The van der Waals surface area contributed by atoms with Crippen molar-refractivity contribution in [3.63, 3.8) is 0 Å². The molecule has 1 spiro atoms. The van der Waals surface area contributed by atoms with Gasteiger partial charge in [-0.1, -0.05) is 31.0 Å². The van der Waals surface area contributed by atoms with Gasteiger partial charge in [-0.25, -0.2) is 0 Å². The number of nitrogens with one attached hydrogen (secondary N) is 1. The molecule has 1 aliphatic carbocycles. The highest BCUT2D eigenvalue weighted by Crippen LogP contribution is 2.31. The second-order valence-corrected chi connectivity index (χ2v) is 7.37. The maximum atomic E-state index is 3.85. The third kappa shape index (κ3) is 3.78. The molecule has 1 heterocycles. The number of benzene rings is 1. The number of hydrogen-bond donors (Lipinski definition) is 1. The van der Waals surface area contributed by atoms with Crippen molar-refractivity contribution in [2.45, 2.75) is 42.5 Å². The van der Waals surface area contributed by atoms with Crippen molar-refractivity contribution in [3.05, 3.63) is 30.3 Å². The highest BCUT2D eigenvalue weighted by molar-refractivity contribution is 7.99. The Balaban J connectivity index is 1.49. The Morgan fingerprint density at radius 3 is 2.70 bits per heavy atom. The van der Waals surface area contributed by atoms with E-state index in [1.165, 1.54) is 68.9 Å². The molecule has 0 bridgehead atoms. The van der Waals surface area contributed by atoms with Gasteiger partial charge >= 0.3 is 0 Å². The molecule has 1 N–H and O–H groups in total. The van der Waals surface area contributed by atoms with Crippen LogP contribution in [0.5, 0.6) is 0 Å². The fraction of sp³-hybridized carbons (Fsp3) is 0.647. The lowest BCUT2D eigenvalue weighted by Crippen LogP contribution is -2.49. The number of nitrogens with zero attached hydrogens (tertiary/aromatic N) is 1. The Hall–Kier alpha value is -0.510. The largest absolute Gasteiger partial charge is 0.310 e. The molecular weight excluding hydrogens is 264 g/mol. The predicted octanol–water partition coefficient (Wildman–Crippen LogP) is 3.39. The molecule has 1 saturated heterocycles. The molecule has 0 amide bonds. The average Bonchev–Trinajstić information content (AvgIpc) is 2.83. The van der Waals surface area contributed by atoms with Crippen LogP contribution in [0.1, 0.15) is 32.1 Å². The molecule has 110 valence electrons. The summed E-state index contributed by atoms with van der Waals surface area (Å²) in [7, 11) is 0. The van der Waals surface area contributed by atoms with Crippen LogP contribution in [0.3, 0.4) is 0 Å². The predicted molar refractivity (Wildman–Crippen MR) is 87.4 cm³/mol. The lowest BCUT2D eigenvalue weighted by molar-refractivity contribution is 0.220. The van der Waals surface area contributed by atoms with E-state index in [9.17, 15) is 0 Å². The quantitative estimate of drug-likeness (QED) is 0.856. The molecule has 3 heteroatoms. The van der Waals surface area contributed by atoms with E-state index in [0.29, 0.717) is 5.54 Å². The van der Waals surface area contributed by atoms with Crippen LogP contribution < -0.4 is 5.32 Å². The van der Waals surface area contributed by atoms with E-state index in [0.717, 1.165) is 0 Å². The first kappa shape index (κ1) is 14.4. The first-order valence-electron chi connectivity index (χ1n) is 8.02. The van der Waals surface area contributed by atoms with Gasteiger partial charge in [-0.3, -0.25) is 0 Å². The molecule has 0 atom stereocenters. The smallest absolute Gasteiger partial charge is 0.0308 e. The van der Waals surface area contributed by atoms with Crippen LogP contribution in [0, 0.1) is 0 Å². The molecule has 2 aliphatic rings. The van der Waals surface area contributed by atoms with E-state index in [1.807, 2.05) is 11.8 Å². The van der Waals surface area contributed by atoms with E-state index >= 15 is 0 Å². The van der Waals surface area contributed by atoms with E-state index in [1.54, 1.807) is 0 Å². The van der Waals surface area contributed by atoms with Gasteiger partial charge in [-0.05, 0) is 44.5 Å². The Labute approximate surface area is 127 Å². The van der Waals surface area contributed by atoms with Crippen molar-refractivity contribution >= 4 is 11.8 Å². The van der Waals surface area contributed by atoms with Crippen LogP contribution >= 0.6 is 11.8 Å². The molecule has 1 aliphatic heterocycles. The van der Waals surface area contributed by atoms with E-state index in [-0.39, 0.29) is 0 Å². The SMILES string of the molecule is c1ccc(SCCN2CCCNC3(CCCC3)C2)cc1. The molecule has 0 unspecified atom stereocenters. The molecule has 0 aromatic heterocycles. The zero-order valence-electron chi connectivity index (χ0n) is 12.3. The van der Waals surface area contributed by atoms with Crippen molar-refractivity contribution < 1.29 is 0 Å². The van der Waals surface area contributed by atoms with Gasteiger partial charge < -0.3 is 10.2 Å². The number of hydrogen-bond acceptors (Lipinski definition) is 3. The van der Waals surface area contributed by atoms with Gasteiger partial charge in [0.25, 0.3) is 0 Å². The summed E-state index contributed by atoms with van der Waals surface area (Å²) in [5.41, 5.74) is 0.452. The first-order chi connectivity index (χ1) is 9.86. The minimum atomic E-state index is 0.452. The molecular formula is C17H26N2S. The molecule has 1 aromatic rings. The molecule has 3 rings (SSSR count). The molecule has 20 heavy (non-hydrogen) atoms. The third-order valence-corrected chi connectivity index (χ3v) is 5.65. The van der Waals surface area contributed by atoms with Gasteiger partial charge in [0.1, 0.15) is 0 Å². The summed E-state index contributed by atoms with van der Waals surface area (Å²) < 4.78 is 0. The van der Waals surface area contributed by atoms with Crippen molar-refractivity contribution in [1.82, 2.24) is 10.2 Å². The van der Waals surface area contributed by atoms with Crippen LogP contribution in [-0.2, 0) is 0 Å². The molecule has 1 saturated carbocycles.